The summed E-state index contributed by atoms with van der Waals surface area (Å²) in [5, 5.41) is 13.5. The van der Waals surface area contributed by atoms with Crippen LogP contribution in [0.2, 0.25) is 0 Å². The first-order valence-corrected chi connectivity index (χ1v) is 7.73. The molecule has 0 aromatic heterocycles. The first kappa shape index (κ1) is 16.9. The maximum atomic E-state index is 11.8. The monoisotopic (exact) mass is 320 g/mol. The third-order valence-corrected chi connectivity index (χ3v) is 4.00. The van der Waals surface area contributed by atoms with Crippen molar-refractivity contribution in [1.29, 1.82) is 0 Å². The van der Waals surface area contributed by atoms with Crippen molar-refractivity contribution in [3.8, 4) is 5.75 Å². The fourth-order valence-electron chi connectivity index (χ4n) is 2.72. The first-order chi connectivity index (χ1) is 11.1. The molecule has 1 aliphatic rings. The van der Waals surface area contributed by atoms with E-state index in [1.165, 1.54) is 31.4 Å². The van der Waals surface area contributed by atoms with Gasteiger partial charge in [0.25, 0.3) is 11.6 Å². The van der Waals surface area contributed by atoms with Crippen LogP contribution in [-0.2, 0) is 4.79 Å². The Morgan fingerprint density at radius 2 is 2.09 bits per heavy atom. The molecule has 23 heavy (non-hydrogen) atoms. The number of nitro benzene ring substituents is 1. The van der Waals surface area contributed by atoms with E-state index in [1.54, 1.807) is 0 Å². The Bertz CT molecular complexity index is 582. The lowest BCUT2D eigenvalue weighted by molar-refractivity contribution is -0.384. The van der Waals surface area contributed by atoms with Crippen LogP contribution in [0.15, 0.2) is 18.2 Å². The summed E-state index contributed by atoms with van der Waals surface area (Å²) in [5.41, 5.74) is -0.138. The highest BCUT2D eigenvalue weighted by Crippen LogP contribution is 2.23. The Hall–Kier alpha value is -2.44. The van der Waals surface area contributed by atoms with E-state index in [1.807, 2.05) is 0 Å². The molecule has 1 aromatic rings. The molecule has 1 saturated carbocycles. The Morgan fingerprint density at radius 3 is 2.74 bits per heavy atom. The van der Waals surface area contributed by atoms with Gasteiger partial charge in [0.05, 0.1) is 10.5 Å². The molecule has 0 aliphatic heterocycles. The van der Waals surface area contributed by atoms with Crippen molar-refractivity contribution in [3.63, 3.8) is 0 Å². The number of rotatable bonds is 7. The second-order valence-corrected chi connectivity index (χ2v) is 5.69. The standard InChI is InChI=1S/C16H20N2O5/c19-10-13-8-14(18(21)22)6-7-15(13)23-11-16(20)17-9-12-4-2-1-3-5-12/h6-8,10,12H,1-5,9,11H2,(H,17,20). The van der Waals surface area contributed by atoms with Crippen LogP contribution in [-0.4, -0.2) is 30.3 Å². The summed E-state index contributed by atoms with van der Waals surface area (Å²) >= 11 is 0. The van der Waals surface area contributed by atoms with Gasteiger partial charge < -0.3 is 10.1 Å². The third kappa shape index (κ3) is 5.05. The predicted molar refractivity (Wildman–Crippen MR) is 83.6 cm³/mol. The van der Waals surface area contributed by atoms with Crippen molar-refractivity contribution in [2.45, 2.75) is 32.1 Å². The molecule has 1 fully saturated rings. The van der Waals surface area contributed by atoms with Gasteiger partial charge in [-0.3, -0.25) is 19.7 Å². The van der Waals surface area contributed by atoms with Gasteiger partial charge in [0.15, 0.2) is 12.9 Å². The van der Waals surface area contributed by atoms with E-state index in [2.05, 4.69) is 5.32 Å². The number of carbonyl (C=O) groups excluding carboxylic acids is 2. The maximum absolute atomic E-state index is 11.8. The summed E-state index contributed by atoms with van der Waals surface area (Å²) in [5.74, 6) is 0.432. The van der Waals surface area contributed by atoms with Crippen LogP contribution < -0.4 is 10.1 Å². The smallest absolute Gasteiger partial charge is 0.270 e. The van der Waals surface area contributed by atoms with Gasteiger partial charge in [0.2, 0.25) is 0 Å². The minimum absolute atomic E-state index is 0.0549. The van der Waals surface area contributed by atoms with E-state index in [9.17, 15) is 19.7 Å². The number of nitro groups is 1. The molecule has 0 atom stereocenters. The topological polar surface area (TPSA) is 98.5 Å². The highest BCUT2D eigenvalue weighted by Gasteiger charge is 2.15. The Balaban J connectivity index is 1.83. The van der Waals surface area contributed by atoms with Crippen LogP contribution in [0.25, 0.3) is 0 Å². The number of hydrogen-bond acceptors (Lipinski definition) is 5. The van der Waals surface area contributed by atoms with E-state index in [0.29, 0.717) is 18.7 Å². The molecule has 0 bridgehead atoms. The molecule has 7 heteroatoms. The molecular formula is C16H20N2O5. The van der Waals surface area contributed by atoms with Crippen molar-refractivity contribution in [2.75, 3.05) is 13.2 Å². The molecule has 0 radical (unpaired) electrons. The molecule has 124 valence electrons. The van der Waals surface area contributed by atoms with Gasteiger partial charge in [-0.2, -0.15) is 0 Å². The van der Waals surface area contributed by atoms with Gasteiger partial charge in [-0.15, -0.1) is 0 Å². The lowest BCUT2D eigenvalue weighted by Crippen LogP contribution is -2.33. The van der Waals surface area contributed by atoms with Crippen LogP contribution in [0.1, 0.15) is 42.5 Å². The van der Waals surface area contributed by atoms with Crippen molar-refractivity contribution in [1.82, 2.24) is 5.32 Å². The van der Waals surface area contributed by atoms with Gasteiger partial charge in [0.1, 0.15) is 5.75 Å². The van der Waals surface area contributed by atoms with Crippen LogP contribution in [0.5, 0.6) is 5.75 Å². The van der Waals surface area contributed by atoms with E-state index in [0.717, 1.165) is 18.9 Å². The Morgan fingerprint density at radius 1 is 1.35 bits per heavy atom. The summed E-state index contributed by atoms with van der Waals surface area (Å²) in [6, 6.07) is 3.70. The number of non-ortho nitro benzene ring substituents is 1. The number of aldehydes is 1. The Kier molecular flexibility index (Phi) is 6.08. The number of ether oxygens (including phenoxy) is 1. The zero-order valence-corrected chi connectivity index (χ0v) is 12.8. The normalized spacial score (nSPS) is 15.0. The Labute approximate surface area is 134 Å². The molecule has 0 spiro atoms. The number of nitrogens with zero attached hydrogens (tertiary/aromatic N) is 1. The average molecular weight is 320 g/mol. The fourth-order valence-corrected chi connectivity index (χ4v) is 2.72. The quantitative estimate of drug-likeness (QED) is 0.473. The highest BCUT2D eigenvalue weighted by atomic mass is 16.6. The molecule has 1 N–H and O–H groups in total. The van der Waals surface area contributed by atoms with Crippen molar-refractivity contribution in [2.24, 2.45) is 5.92 Å². The van der Waals surface area contributed by atoms with E-state index < -0.39 is 4.92 Å². The predicted octanol–water partition coefficient (Wildman–Crippen LogP) is 2.48. The number of nitrogens with one attached hydrogen (secondary N) is 1. The lowest BCUT2D eigenvalue weighted by atomic mass is 9.89. The number of benzene rings is 1. The van der Waals surface area contributed by atoms with E-state index in [-0.39, 0.29) is 29.5 Å². The largest absolute Gasteiger partial charge is 0.483 e. The SMILES string of the molecule is O=Cc1cc([N+](=O)[O-])ccc1OCC(=O)NCC1CCCCC1. The molecule has 0 unspecified atom stereocenters. The second kappa shape index (κ2) is 8.26. The van der Waals surface area contributed by atoms with Crippen LogP contribution in [0, 0.1) is 16.0 Å². The van der Waals surface area contributed by atoms with Crippen LogP contribution in [0.4, 0.5) is 5.69 Å². The summed E-state index contributed by atoms with van der Waals surface area (Å²) in [4.78, 5) is 32.9. The van der Waals surface area contributed by atoms with Gasteiger partial charge >= 0.3 is 0 Å². The van der Waals surface area contributed by atoms with Crippen molar-refractivity contribution >= 4 is 17.9 Å². The summed E-state index contributed by atoms with van der Waals surface area (Å²) in [6.07, 6.45) is 6.44. The first-order valence-electron chi connectivity index (χ1n) is 7.73. The minimum Gasteiger partial charge on any atom is -0.483 e. The maximum Gasteiger partial charge on any atom is 0.270 e. The average Bonchev–Trinajstić information content (AvgIpc) is 2.58. The molecule has 0 saturated heterocycles. The summed E-state index contributed by atoms with van der Waals surface area (Å²) in [6.45, 7) is 0.425. The number of carbonyl (C=O) groups is 2. The van der Waals surface area contributed by atoms with Crippen LogP contribution >= 0.6 is 0 Å². The van der Waals surface area contributed by atoms with Gasteiger partial charge in [0, 0.05) is 18.7 Å². The highest BCUT2D eigenvalue weighted by molar-refractivity contribution is 5.81. The molecule has 1 amide bonds. The summed E-state index contributed by atoms with van der Waals surface area (Å²) in [7, 11) is 0. The van der Waals surface area contributed by atoms with Crippen molar-refractivity contribution in [3.05, 3.63) is 33.9 Å². The van der Waals surface area contributed by atoms with E-state index in [4.69, 9.17) is 4.74 Å². The molecule has 0 heterocycles. The number of hydrogen-bond donors (Lipinski definition) is 1. The molecule has 1 aliphatic carbocycles. The second-order valence-electron chi connectivity index (χ2n) is 5.69. The zero-order valence-electron chi connectivity index (χ0n) is 12.8. The zero-order chi connectivity index (χ0) is 16.7. The van der Waals surface area contributed by atoms with Gasteiger partial charge in [-0.1, -0.05) is 19.3 Å². The molecule has 7 nitrogen and oxygen atoms in total. The number of amides is 1. The molecule has 2 rings (SSSR count). The molecule has 1 aromatic carbocycles. The lowest BCUT2D eigenvalue weighted by Gasteiger charge is -2.21. The minimum atomic E-state index is -0.590. The van der Waals surface area contributed by atoms with Crippen LogP contribution in [0.3, 0.4) is 0 Å². The van der Waals surface area contributed by atoms with Gasteiger partial charge in [-0.25, -0.2) is 0 Å². The molecular weight excluding hydrogens is 300 g/mol. The third-order valence-electron chi connectivity index (χ3n) is 4.00. The van der Waals surface area contributed by atoms with Crippen molar-refractivity contribution < 1.29 is 19.2 Å². The van der Waals surface area contributed by atoms with Gasteiger partial charge in [-0.05, 0) is 24.8 Å². The summed E-state index contributed by atoms with van der Waals surface area (Å²) < 4.78 is 5.30. The fraction of sp³-hybridized carbons (Fsp3) is 0.500. The van der Waals surface area contributed by atoms with E-state index >= 15 is 0 Å².